The zero-order valence-electron chi connectivity index (χ0n) is 10.5. The van der Waals surface area contributed by atoms with Crippen molar-refractivity contribution in [2.24, 2.45) is 5.14 Å². The summed E-state index contributed by atoms with van der Waals surface area (Å²) in [5.74, 6) is -0.850. The summed E-state index contributed by atoms with van der Waals surface area (Å²) in [4.78, 5) is 11.2. The molecule has 0 aliphatic carbocycles. The van der Waals surface area contributed by atoms with Gasteiger partial charge in [-0.05, 0) is 24.6 Å². The molecule has 9 heteroatoms. The first kappa shape index (κ1) is 16.4. The van der Waals surface area contributed by atoms with E-state index in [9.17, 15) is 26.4 Å². The number of carbonyl (C=O) groups excluding carboxylic acids is 1. The second-order valence-corrected chi connectivity index (χ2v) is 5.67. The smallest absolute Gasteiger partial charge is 0.326 e. The zero-order valence-corrected chi connectivity index (χ0v) is 11.3. The standard InChI is InChI=1S/C11H13F3N2O3S/c1-7-8(3-2-4-9(7)20(15,18)19)16-10(17)5-6-11(12,13)14/h2-4H,5-6H2,1H3,(H,16,17)(H2,15,18,19). The van der Waals surface area contributed by atoms with Gasteiger partial charge in [-0.2, -0.15) is 13.2 Å². The number of primary sulfonamides is 1. The Labute approximate surface area is 114 Å². The predicted octanol–water partition coefficient (Wildman–Crippen LogP) is 1.92. The summed E-state index contributed by atoms with van der Waals surface area (Å²) in [6, 6.07) is 3.97. The molecule has 5 nitrogen and oxygen atoms in total. The molecule has 112 valence electrons. The molecule has 0 aliphatic rings. The summed E-state index contributed by atoms with van der Waals surface area (Å²) in [5, 5.41) is 7.22. The topological polar surface area (TPSA) is 89.3 Å². The number of sulfonamides is 1. The van der Waals surface area contributed by atoms with Crippen LogP contribution in [-0.4, -0.2) is 20.5 Å². The molecule has 1 amide bonds. The lowest BCUT2D eigenvalue weighted by Crippen LogP contribution is -2.18. The molecule has 0 unspecified atom stereocenters. The Bertz CT molecular complexity index is 612. The summed E-state index contributed by atoms with van der Waals surface area (Å²) in [6.07, 6.45) is -6.40. The predicted molar refractivity (Wildman–Crippen MR) is 66.5 cm³/mol. The van der Waals surface area contributed by atoms with Crippen LogP contribution in [0, 0.1) is 6.92 Å². The lowest BCUT2D eigenvalue weighted by molar-refractivity contribution is -0.142. The summed E-state index contributed by atoms with van der Waals surface area (Å²) in [6.45, 7) is 1.40. The van der Waals surface area contributed by atoms with Gasteiger partial charge >= 0.3 is 6.18 Å². The number of alkyl halides is 3. The molecule has 0 aliphatic heterocycles. The van der Waals surface area contributed by atoms with Crippen LogP contribution >= 0.6 is 0 Å². The lowest BCUT2D eigenvalue weighted by Gasteiger charge is -2.12. The first-order chi connectivity index (χ1) is 9.00. The number of anilines is 1. The van der Waals surface area contributed by atoms with Crippen molar-refractivity contribution in [2.45, 2.75) is 30.8 Å². The first-order valence-electron chi connectivity index (χ1n) is 5.50. The third kappa shape index (κ3) is 4.82. The monoisotopic (exact) mass is 310 g/mol. The Balaban J connectivity index is 2.87. The van der Waals surface area contributed by atoms with Crippen molar-refractivity contribution < 1.29 is 26.4 Å². The highest BCUT2D eigenvalue weighted by Gasteiger charge is 2.28. The van der Waals surface area contributed by atoms with E-state index >= 15 is 0 Å². The van der Waals surface area contributed by atoms with Crippen molar-refractivity contribution in [3.63, 3.8) is 0 Å². The van der Waals surface area contributed by atoms with Gasteiger partial charge in [0.2, 0.25) is 15.9 Å². The molecule has 0 saturated carbocycles. The molecule has 1 rings (SSSR count). The molecule has 0 radical (unpaired) electrons. The Morgan fingerprint density at radius 2 is 1.95 bits per heavy atom. The van der Waals surface area contributed by atoms with E-state index < -0.39 is 34.9 Å². The van der Waals surface area contributed by atoms with Gasteiger partial charge in [-0.25, -0.2) is 13.6 Å². The van der Waals surface area contributed by atoms with Gasteiger partial charge in [0, 0.05) is 12.1 Å². The van der Waals surface area contributed by atoms with Crippen LogP contribution in [0.4, 0.5) is 18.9 Å². The van der Waals surface area contributed by atoms with Crippen molar-refractivity contribution >= 4 is 21.6 Å². The number of hydrogen-bond acceptors (Lipinski definition) is 3. The first-order valence-corrected chi connectivity index (χ1v) is 7.04. The minimum Gasteiger partial charge on any atom is -0.326 e. The molecule has 0 fully saturated rings. The summed E-state index contributed by atoms with van der Waals surface area (Å²) in [7, 11) is -3.96. The van der Waals surface area contributed by atoms with Crippen LogP contribution < -0.4 is 10.5 Å². The average molecular weight is 310 g/mol. The maximum Gasteiger partial charge on any atom is 0.389 e. The van der Waals surface area contributed by atoms with Gasteiger partial charge in [0.25, 0.3) is 0 Å². The Morgan fingerprint density at radius 1 is 1.35 bits per heavy atom. The summed E-state index contributed by atoms with van der Waals surface area (Å²) >= 11 is 0. The molecule has 1 aromatic rings. The third-order valence-electron chi connectivity index (χ3n) is 2.50. The largest absolute Gasteiger partial charge is 0.389 e. The second-order valence-electron chi connectivity index (χ2n) is 4.14. The number of hydrogen-bond donors (Lipinski definition) is 2. The minimum absolute atomic E-state index is 0.115. The fraction of sp³-hybridized carbons (Fsp3) is 0.364. The van der Waals surface area contributed by atoms with Gasteiger partial charge in [-0.15, -0.1) is 0 Å². The molecule has 0 heterocycles. The quantitative estimate of drug-likeness (QED) is 0.890. The van der Waals surface area contributed by atoms with Crippen molar-refractivity contribution in [2.75, 3.05) is 5.32 Å². The highest BCUT2D eigenvalue weighted by molar-refractivity contribution is 7.89. The zero-order chi connectivity index (χ0) is 15.6. The van der Waals surface area contributed by atoms with E-state index in [4.69, 9.17) is 5.14 Å². The molecule has 0 bridgehead atoms. The molecule has 0 saturated heterocycles. The summed E-state index contributed by atoms with van der Waals surface area (Å²) in [5.41, 5.74) is 0.291. The number of nitrogens with two attached hydrogens (primary N) is 1. The Hall–Kier alpha value is -1.61. The van der Waals surface area contributed by atoms with Gasteiger partial charge in [0.15, 0.2) is 0 Å². The van der Waals surface area contributed by atoms with Crippen LogP contribution in [0.5, 0.6) is 0 Å². The molecule has 0 spiro atoms. The van der Waals surface area contributed by atoms with E-state index in [0.29, 0.717) is 0 Å². The van der Waals surface area contributed by atoms with Crippen LogP contribution in [0.2, 0.25) is 0 Å². The summed E-state index contributed by atoms with van der Waals surface area (Å²) < 4.78 is 58.5. The fourth-order valence-electron chi connectivity index (χ4n) is 1.53. The number of rotatable bonds is 4. The van der Waals surface area contributed by atoms with Crippen LogP contribution in [0.3, 0.4) is 0 Å². The number of halogens is 3. The van der Waals surface area contributed by atoms with E-state index in [1.807, 2.05) is 0 Å². The minimum atomic E-state index is -4.42. The fourth-order valence-corrected chi connectivity index (χ4v) is 2.33. The van der Waals surface area contributed by atoms with Crippen LogP contribution in [0.25, 0.3) is 0 Å². The van der Waals surface area contributed by atoms with Gasteiger partial charge in [-0.3, -0.25) is 4.79 Å². The molecular formula is C11H13F3N2O3S. The van der Waals surface area contributed by atoms with Crippen LogP contribution in [0.1, 0.15) is 18.4 Å². The van der Waals surface area contributed by atoms with Gasteiger partial charge < -0.3 is 5.32 Å². The highest BCUT2D eigenvalue weighted by Crippen LogP contribution is 2.24. The normalized spacial score (nSPS) is 12.2. The third-order valence-corrected chi connectivity index (χ3v) is 3.56. The lowest BCUT2D eigenvalue weighted by atomic mass is 10.2. The Kier molecular flexibility index (Phi) is 4.77. The van der Waals surface area contributed by atoms with E-state index in [1.54, 1.807) is 0 Å². The van der Waals surface area contributed by atoms with Crippen molar-refractivity contribution in [3.05, 3.63) is 23.8 Å². The van der Waals surface area contributed by atoms with E-state index in [0.717, 1.165) is 0 Å². The van der Waals surface area contributed by atoms with E-state index in [2.05, 4.69) is 5.32 Å². The number of carbonyl (C=O) groups is 1. The van der Waals surface area contributed by atoms with E-state index in [1.165, 1.54) is 25.1 Å². The number of amides is 1. The maximum absolute atomic E-state index is 12.0. The van der Waals surface area contributed by atoms with Gasteiger partial charge in [0.1, 0.15) is 0 Å². The average Bonchev–Trinajstić information content (AvgIpc) is 2.27. The van der Waals surface area contributed by atoms with E-state index in [-0.39, 0.29) is 16.1 Å². The Morgan fingerprint density at radius 3 is 2.45 bits per heavy atom. The van der Waals surface area contributed by atoms with Crippen LogP contribution in [-0.2, 0) is 14.8 Å². The molecule has 0 atom stereocenters. The number of benzene rings is 1. The van der Waals surface area contributed by atoms with Gasteiger partial charge in [-0.1, -0.05) is 6.07 Å². The van der Waals surface area contributed by atoms with Gasteiger partial charge in [0.05, 0.1) is 11.3 Å². The van der Waals surface area contributed by atoms with Crippen LogP contribution in [0.15, 0.2) is 23.1 Å². The van der Waals surface area contributed by atoms with Crippen molar-refractivity contribution in [3.8, 4) is 0 Å². The number of nitrogens with one attached hydrogen (secondary N) is 1. The molecule has 20 heavy (non-hydrogen) atoms. The van der Waals surface area contributed by atoms with Crippen molar-refractivity contribution in [1.29, 1.82) is 0 Å². The van der Waals surface area contributed by atoms with Crippen molar-refractivity contribution in [1.82, 2.24) is 0 Å². The molecule has 3 N–H and O–H groups in total. The highest BCUT2D eigenvalue weighted by atomic mass is 32.2. The second kappa shape index (κ2) is 5.80. The maximum atomic E-state index is 12.0. The molecular weight excluding hydrogens is 297 g/mol. The SMILES string of the molecule is Cc1c(NC(=O)CCC(F)(F)F)cccc1S(N)(=O)=O. The molecule has 1 aromatic carbocycles. The molecule has 0 aromatic heterocycles.